The van der Waals surface area contributed by atoms with Crippen LogP contribution < -0.4 is 0 Å². The van der Waals surface area contributed by atoms with Gasteiger partial charge in [-0.1, -0.05) is 25.6 Å². The molecule has 0 aliphatic rings. The van der Waals surface area contributed by atoms with Gasteiger partial charge < -0.3 is 0 Å². The Morgan fingerprint density at radius 2 is 1.90 bits per heavy atom. The van der Waals surface area contributed by atoms with Gasteiger partial charge in [-0.2, -0.15) is 25.3 Å². The molecule has 4 heteroatoms. The third-order valence-electron chi connectivity index (χ3n) is 0.765. The van der Waals surface area contributed by atoms with Crippen molar-refractivity contribution in [3.8, 4) is 0 Å². The van der Waals surface area contributed by atoms with Crippen LogP contribution in [-0.4, -0.2) is 8.53 Å². The molecular formula is C6H12OS3. The van der Waals surface area contributed by atoms with E-state index in [1.807, 2.05) is 13.8 Å². The molecule has 0 spiro atoms. The SMILES string of the molecule is CC(C)C(=O)SC(C)(S)S. The van der Waals surface area contributed by atoms with Crippen molar-refractivity contribution in [2.24, 2.45) is 5.92 Å². The van der Waals surface area contributed by atoms with E-state index < -0.39 is 3.41 Å². The maximum Gasteiger partial charge on any atom is 0.193 e. The van der Waals surface area contributed by atoms with Crippen molar-refractivity contribution in [3.05, 3.63) is 0 Å². The van der Waals surface area contributed by atoms with Gasteiger partial charge in [0.25, 0.3) is 0 Å². The second-order valence-corrected chi connectivity index (χ2v) is 6.68. The highest BCUT2D eigenvalue weighted by atomic mass is 32.2. The Kier molecular flexibility index (Phi) is 4.21. The van der Waals surface area contributed by atoms with Crippen LogP contribution in [0.15, 0.2) is 0 Å². The third kappa shape index (κ3) is 5.50. The molecule has 60 valence electrons. The summed E-state index contributed by atoms with van der Waals surface area (Å²) in [5.74, 6) is 0.0589. The molecule has 0 aliphatic carbocycles. The zero-order chi connectivity index (χ0) is 8.36. The fraction of sp³-hybridized carbons (Fsp3) is 0.833. The molecule has 0 unspecified atom stereocenters. The summed E-state index contributed by atoms with van der Waals surface area (Å²) < 4.78 is -0.540. The average molecular weight is 196 g/mol. The molecule has 0 bridgehead atoms. The first kappa shape index (κ1) is 10.7. The topological polar surface area (TPSA) is 17.1 Å². The number of rotatable bonds is 2. The lowest BCUT2D eigenvalue weighted by atomic mass is 10.3. The summed E-state index contributed by atoms with van der Waals surface area (Å²) in [5, 5.41) is 0.132. The highest BCUT2D eigenvalue weighted by Crippen LogP contribution is 2.34. The first-order valence-corrected chi connectivity index (χ1v) is 4.71. The van der Waals surface area contributed by atoms with Crippen LogP contribution in [0.4, 0.5) is 0 Å². The van der Waals surface area contributed by atoms with E-state index in [0.29, 0.717) is 0 Å². The number of carbonyl (C=O) groups excluding carboxylic acids is 1. The number of carbonyl (C=O) groups is 1. The highest BCUT2D eigenvalue weighted by molar-refractivity contribution is 8.31. The Labute approximate surface area is 77.2 Å². The predicted molar refractivity (Wildman–Crippen MR) is 53.8 cm³/mol. The first-order chi connectivity index (χ1) is 4.33. The van der Waals surface area contributed by atoms with E-state index in [1.165, 1.54) is 0 Å². The van der Waals surface area contributed by atoms with Gasteiger partial charge in [-0.25, -0.2) is 0 Å². The normalized spacial score (nSPS) is 12.2. The van der Waals surface area contributed by atoms with Gasteiger partial charge in [0.2, 0.25) is 0 Å². The molecule has 0 amide bonds. The van der Waals surface area contributed by atoms with Crippen LogP contribution in [0.25, 0.3) is 0 Å². The van der Waals surface area contributed by atoms with E-state index in [0.717, 1.165) is 11.8 Å². The molecule has 0 saturated heterocycles. The third-order valence-corrected chi connectivity index (χ3v) is 2.37. The minimum absolute atomic E-state index is 0.0589. The van der Waals surface area contributed by atoms with Crippen molar-refractivity contribution in [1.82, 2.24) is 0 Å². The fourth-order valence-corrected chi connectivity index (χ4v) is 1.47. The molecule has 0 saturated carbocycles. The Balaban J connectivity index is 3.81. The van der Waals surface area contributed by atoms with Crippen LogP contribution in [0.2, 0.25) is 0 Å². The smallest absolute Gasteiger partial charge is 0.193 e. The molecule has 0 atom stereocenters. The summed E-state index contributed by atoms with van der Waals surface area (Å²) in [6.45, 7) is 5.51. The molecule has 1 nitrogen and oxygen atoms in total. The Bertz CT molecular complexity index is 125. The van der Waals surface area contributed by atoms with Gasteiger partial charge in [0.05, 0.1) is 0 Å². The van der Waals surface area contributed by atoms with Crippen molar-refractivity contribution >= 4 is 42.1 Å². The first-order valence-electron chi connectivity index (χ1n) is 3.00. The largest absolute Gasteiger partial charge is 0.287 e. The van der Waals surface area contributed by atoms with Crippen LogP contribution in [0.5, 0.6) is 0 Å². The molecule has 0 heterocycles. The van der Waals surface area contributed by atoms with Crippen LogP contribution in [-0.2, 0) is 4.79 Å². The van der Waals surface area contributed by atoms with Gasteiger partial charge >= 0.3 is 0 Å². The van der Waals surface area contributed by atoms with E-state index in [2.05, 4.69) is 25.3 Å². The van der Waals surface area contributed by atoms with Crippen LogP contribution in [0.1, 0.15) is 20.8 Å². The molecule has 0 N–H and O–H groups in total. The summed E-state index contributed by atoms with van der Waals surface area (Å²) in [5.41, 5.74) is 0. The molecule has 0 aromatic rings. The quantitative estimate of drug-likeness (QED) is 0.521. The molecule has 0 radical (unpaired) electrons. The van der Waals surface area contributed by atoms with Crippen LogP contribution in [0, 0.1) is 5.92 Å². The van der Waals surface area contributed by atoms with Gasteiger partial charge in [-0.3, -0.25) is 4.79 Å². The highest BCUT2D eigenvalue weighted by Gasteiger charge is 2.20. The van der Waals surface area contributed by atoms with E-state index in [1.54, 1.807) is 6.92 Å². The van der Waals surface area contributed by atoms with E-state index in [9.17, 15) is 4.79 Å². The summed E-state index contributed by atoms with van der Waals surface area (Å²) in [7, 11) is 0. The zero-order valence-corrected chi connectivity index (χ0v) is 8.89. The Hall–Kier alpha value is 0.720. The van der Waals surface area contributed by atoms with Crippen molar-refractivity contribution in [3.63, 3.8) is 0 Å². The molecule has 0 aromatic carbocycles. The van der Waals surface area contributed by atoms with Crippen LogP contribution >= 0.6 is 37.0 Å². The molecule has 10 heavy (non-hydrogen) atoms. The van der Waals surface area contributed by atoms with Gasteiger partial charge in [0, 0.05) is 5.92 Å². The second-order valence-electron chi connectivity index (χ2n) is 2.51. The standard InChI is InChI=1S/C6H12OS3/c1-4(2)5(7)10-6(3,8)9/h4,8-9H,1-3H3. The molecule has 0 rings (SSSR count). The minimum atomic E-state index is -0.540. The minimum Gasteiger partial charge on any atom is -0.287 e. The van der Waals surface area contributed by atoms with Crippen molar-refractivity contribution in [2.75, 3.05) is 0 Å². The molecule has 0 aliphatic heterocycles. The molecular weight excluding hydrogens is 184 g/mol. The second kappa shape index (κ2) is 3.93. The average Bonchev–Trinajstić information content (AvgIpc) is 1.60. The van der Waals surface area contributed by atoms with Crippen molar-refractivity contribution in [1.29, 1.82) is 0 Å². The van der Waals surface area contributed by atoms with Crippen LogP contribution in [0.3, 0.4) is 0 Å². The lowest BCUT2D eigenvalue weighted by molar-refractivity contribution is -0.113. The number of thiol groups is 2. The summed E-state index contributed by atoms with van der Waals surface area (Å²) >= 11 is 9.34. The predicted octanol–water partition coefficient (Wildman–Crippen LogP) is 2.44. The van der Waals surface area contributed by atoms with Gasteiger partial charge in [0.15, 0.2) is 5.12 Å². The lowest BCUT2D eigenvalue weighted by Gasteiger charge is -2.15. The number of hydrogen-bond donors (Lipinski definition) is 2. The molecule has 0 aromatic heterocycles. The van der Waals surface area contributed by atoms with Gasteiger partial charge in [-0.15, -0.1) is 0 Å². The van der Waals surface area contributed by atoms with E-state index in [-0.39, 0.29) is 11.0 Å². The lowest BCUT2D eigenvalue weighted by Crippen LogP contribution is -2.10. The summed E-state index contributed by atoms with van der Waals surface area (Å²) in [6, 6.07) is 0. The van der Waals surface area contributed by atoms with Gasteiger partial charge in [-0.05, 0) is 6.92 Å². The van der Waals surface area contributed by atoms with Gasteiger partial charge in [0.1, 0.15) is 3.41 Å². The van der Waals surface area contributed by atoms with E-state index >= 15 is 0 Å². The molecule has 0 fully saturated rings. The zero-order valence-electron chi connectivity index (χ0n) is 6.29. The van der Waals surface area contributed by atoms with Crippen molar-refractivity contribution < 1.29 is 4.79 Å². The fourth-order valence-electron chi connectivity index (χ4n) is 0.308. The summed E-state index contributed by atoms with van der Waals surface area (Å²) in [6.07, 6.45) is 0. The maximum atomic E-state index is 11.0. The number of hydrogen-bond acceptors (Lipinski definition) is 4. The maximum absolute atomic E-state index is 11.0. The monoisotopic (exact) mass is 196 g/mol. The Morgan fingerprint density at radius 3 is 2.00 bits per heavy atom. The Morgan fingerprint density at radius 1 is 1.50 bits per heavy atom. The van der Waals surface area contributed by atoms with E-state index in [4.69, 9.17) is 0 Å². The number of thioether (sulfide) groups is 1. The van der Waals surface area contributed by atoms with Crippen molar-refractivity contribution in [2.45, 2.75) is 24.2 Å². The summed E-state index contributed by atoms with van der Waals surface area (Å²) in [4.78, 5) is 11.0.